The van der Waals surface area contributed by atoms with Crippen molar-refractivity contribution in [1.82, 2.24) is 0 Å². The van der Waals surface area contributed by atoms with Gasteiger partial charge in [0.05, 0.1) is 19.4 Å². The molecular formula is C19H25NO2. The predicted octanol–water partition coefficient (Wildman–Crippen LogP) is 5.24. The van der Waals surface area contributed by atoms with Crippen LogP contribution in [0.1, 0.15) is 44.3 Å². The molecule has 118 valence electrons. The average Bonchev–Trinajstić information content (AvgIpc) is 3.09. The number of rotatable bonds is 7. The molecule has 3 nitrogen and oxygen atoms in total. The van der Waals surface area contributed by atoms with E-state index < -0.39 is 0 Å². The molecule has 1 aliphatic rings. The van der Waals surface area contributed by atoms with Crippen LogP contribution in [-0.2, 0) is 6.54 Å². The van der Waals surface area contributed by atoms with Crippen molar-refractivity contribution < 1.29 is 9.15 Å². The van der Waals surface area contributed by atoms with Crippen molar-refractivity contribution >= 4 is 5.69 Å². The van der Waals surface area contributed by atoms with Crippen molar-refractivity contribution in [1.29, 1.82) is 0 Å². The van der Waals surface area contributed by atoms with Crippen LogP contribution in [0.15, 0.2) is 47.1 Å². The van der Waals surface area contributed by atoms with E-state index in [1.165, 1.54) is 38.5 Å². The Morgan fingerprint density at radius 2 is 1.86 bits per heavy atom. The summed E-state index contributed by atoms with van der Waals surface area (Å²) in [6.45, 7) is 1.54. The molecule has 0 bridgehead atoms. The average molecular weight is 299 g/mol. The largest absolute Gasteiger partial charge is 0.494 e. The minimum atomic E-state index is 0.703. The Morgan fingerprint density at radius 3 is 2.59 bits per heavy atom. The van der Waals surface area contributed by atoms with Gasteiger partial charge in [-0.25, -0.2) is 0 Å². The Balaban J connectivity index is 1.39. The van der Waals surface area contributed by atoms with Crippen LogP contribution in [0.3, 0.4) is 0 Å². The molecular weight excluding hydrogens is 274 g/mol. The number of furan rings is 1. The molecule has 1 saturated carbocycles. The number of benzene rings is 1. The van der Waals surface area contributed by atoms with Crippen molar-refractivity contribution in [3.8, 4) is 5.75 Å². The van der Waals surface area contributed by atoms with Crippen LogP contribution in [0.5, 0.6) is 5.75 Å². The lowest BCUT2D eigenvalue weighted by atomic mass is 9.87. The first-order chi connectivity index (χ1) is 10.9. The molecule has 1 aromatic heterocycles. The molecule has 1 heterocycles. The molecule has 0 amide bonds. The van der Waals surface area contributed by atoms with E-state index in [9.17, 15) is 0 Å². The van der Waals surface area contributed by atoms with Gasteiger partial charge in [0, 0.05) is 5.69 Å². The van der Waals surface area contributed by atoms with Crippen LogP contribution < -0.4 is 10.1 Å². The second-order valence-electron chi connectivity index (χ2n) is 6.10. The summed E-state index contributed by atoms with van der Waals surface area (Å²) in [4.78, 5) is 0. The smallest absolute Gasteiger partial charge is 0.122 e. The topological polar surface area (TPSA) is 34.4 Å². The van der Waals surface area contributed by atoms with Crippen molar-refractivity contribution in [3.05, 3.63) is 48.4 Å². The molecule has 1 N–H and O–H groups in total. The molecule has 1 aliphatic carbocycles. The number of anilines is 1. The summed E-state index contributed by atoms with van der Waals surface area (Å²) in [6.07, 6.45) is 9.89. The third kappa shape index (κ3) is 4.55. The van der Waals surface area contributed by atoms with E-state index in [0.717, 1.165) is 29.7 Å². The summed E-state index contributed by atoms with van der Waals surface area (Å²) in [6, 6.07) is 12.0. The van der Waals surface area contributed by atoms with Crippen molar-refractivity contribution in [3.63, 3.8) is 0 Å². The zero-order valence-corrected chi connectivity index (χ0v) is 13.1. The summed E-state index contributed by atoms with van der Waals surface area (Å²) in [5.41, 5.74) is 1.08. The molecule has 0 saturated heterocycles. The van der Waals surface area contributed by atoms with E-state index in [1.54, 1.807) is 6.26 Å². The van der Waals surface area contributed by atoms with Gasteiger partial charge in [0.2, 0.25) is 0 Å². The van der Waals surface area contributed by atoms with E-state index >= 15 is 0 Å². The van der Waals surface area contributed by atoms with E-state index in [4.69, 9.17) is 9.15 Å². The molecule has 0 spiro atoms. The quantitative estimate of drug-likeness (QED) is 0.759. The van der Waals surface area contributed by atoms with Gasteiger partial charge in [-0.3, -0.25) is 0 Å². The van der Waals surface area contributed by atoms with Crippen LogP contribution >= 0.6 is 0 Å². The number of hydrogen-bond donors (Lipinski definition) is 1. The Kier molecular flexibility index (Phi) is 5.41. The lowest BCUT2D eigenvalue weighted by molar-refractivity contribution is 0.246. The maximum atomic E-state index is 5.87. The Bertz CT molecular complexity index is 527. The Morgan fingerprint density at radius 1 is 1.05 bits per heavy atom. The summed E-state index contributed by atoms with van der Waals surface area (Å²) in [5.74, 6) is 2.77. The molecule has 0 unspecified atom stereocenters. The fourth-order valence-corrected chi connectivity index (χ4v) is 3.09. The fraction of sp³-hybridized carbons (Fsp3) is 0.474. The third-order valence-electron chi connectivity index (χ3n) is 4.42. The highest BCUT2D eigenvalue weighted by Gasteiger charge is 2.13. The van der Waals surface area contributed by atoms with E-state index in [-0.39, 0.29) is 0 Å². The maximum absolute atomic E-state index is 5.87. The highest BCUT2D eigenvalue weighted by Crippen LogP contribution is 2.26. The predicted molar refractivity (Wildman–Crippen MR) is 89.2 cm³/mol. The maximum Gasteiger partial charge on any atom is 0.122 e. The minimum absolute atomic E-state index is 0.703. The van der Waals surface area contributed by atoms with Gasteiger partial charge in [-0.05, 0) is 48.7 Å². The molecule has 22 heavy (non-hydrogen) atoms. The fourth-order valence-electron chi connectivity index (χ4n) is 3.09. The van der Waals surface area contributed by atoms with Crippen LogP contribution in [0.25, 0.3) is 0 Å². The Hall–Kier alpha value is -1.90. The Labute approximate surface area is 132 Å². The second-order valence-corrected chi connectivity index (χ2v) is 6.10. The van der Waals surface area contributed by atoms with Gasteiger partial charge in [-0.2, -0.15) is 0 Å². The van der Waals surface area contributed by atoms with Gasteiger partial charge in [0.15, 0.2) is 0 Å². The first kappa shape index (κ1) is 15.0. The highest BCUT2D eigenvalue weighted by molar-refractivity contribution is 5.46. The summed E-state index contributed by atoms with van der Waals surface area (Å²) in [7, 11) is 0. The summed E-state index contributed by atoms with van der Waals surface area (Å²) in [5, 5.41) is 3.33. The van der Waals surface area contributed by atoms with E-state index in [1.807, 2.05) is 24.3 Å². The zero-order chi connectivity index (χ0) is 15.0. The molecule has 2 aromatic rings. The lowest BCUT2D eigenvalue weighted by Crippen LogP contribution is -2.10. The molecule has 3 heteroatoms. The summed E-state index contributed by atoms with van der Waals surface area (Å²) < 4.78 is 11.2. The zero-order valence-electron chi connectivity index (χ0n) is 13.1. The van der Waals surface area contributed by atoms with Crippen LogP contribution in [-0.4, -0.2) is 6.61 Å². The first-order valence-corrected chi connectivity index (χ1v) is 8.39. The van der Waals surface area contributed by atoms with Crippen molar-refractivity contribution in [2.45, 2.75) is 45.1 Å². The monoisotopic (exact) mass is 299 g/mol. The minimum Gasteiger partial charge on any atom is -0.494 e. The van der Waals surface area contributed by atoms with Gasteiger partial charge < -0.3 is 14.5 Å². The van der Waals surface area contributed by atoms with Gasteiger partial charge in [0.1, 0.15) is 11.5 Å². The first-order valence-electron chi connectivity index (χ1n) is 8.39. The molecule has 1 aromatic carbocycles. The standard InChI is InChI=1S/C19H25NO2/c1-2-5-16(6-3-1)12-14-22-18-10-8-17(9-11-18)20-15-19-7-4-13-21-19/h4,7-11,13,16,20H,1-3,5-6,12,14-15H2. The van der Waals surface area contributed by atoms with Gasteiger partial charge in [-0.15, -0.1) is 0 Å². The van der Waals surface area contributed by atoms with Gasteiger partial charge >= 0.3 is 0 Å². The molecule has 0 radical (unpaired) electrons. The second kappa shape index (κ2) is 7.92. The molecule has 1 fully saturated rings. The number of hydrogen-bond acceptors (Lipinski definition) is 3. The normalized spacial score (nSPS) is 15.6. The lowest BCUT2D eigenvalue weighted by Gasteiger charge is -2.21. The van der Waals surface area contributed by atoms with Crippen molar-refractivity contribution in [2.24, 2.45) is 5.92 Å². The number of ether oxygens (including phenoxy) is 1. The molecule has 0 aliphatic heterocycles. The molecule has 3 rings (SSSR count). The van der Waals surface area contributed by atoms with Crippen LogP contribution in [0, 0.1) is 5.92 Å². The van der Waals surface area contributed by atoms with Gasteiger partial charge in [-0.1, -0.05) is 32.1 Å². The van der Waals surface area contributed by atoms with Crippen LogP contribution in [0.4, 0.5) is 5.69 Å². The highest BCUT2D eigenvalue weighted by atomic mass is 16.5. The number of nitrogens with one attached hydrogen (secondary N) is 1. The van der Waals surface area contributed by atoms with E-state index in [0.29, 0.717) is 6.54 Å². The van der Waals surface area contributed by atoms with E-state index in [2.05, 4.69) is 17.4 Å². The summed E-state index contributed by atoms with van der Waals surface area (Å²) >= 11 is 0. The van der Waals surface area contributed by atoms with Gasteiger partial charge in [0.25, 0.3) is 0 Å². The van der Waals surface area contributed by atoms with Crippen LogP contribution in [0.2, 0.25) is 0 Å². The molecule has 0 atom stereocenters. The third-order valence-corrected chi connectivity index (χ3v) is 4.42. The SMILES string of the molecule is c1coc(CNc2ccc(OCCC3CCCCC3)cc2)c1. The van der Waals surface area contributed by atoms with Crippen molar-refractivity contribution in [2.75, 3.05) is 11.9 Å².